The molecular formula is C111H79N13. The third kappa shape index (κ3) is 11.3. The van der Waals surface area contributed by atoms with Crippen molar-refractivity contribution in [1.82, 2.24) is 47.6 Å². The lowest BCUT2D eigenvalue weighted by molar-refractivity contribution is 0.899. The van der Waals surface area contributed by atoms with Crippen molar-refractivity contribution in [3.63, 3.8) is 0 Å². The van der Waals surface area contributed by atoms with Gasteiger partial charge in [-0.2, -0.15) is 0 Å². The molecule has 0 amide bonds. The van der Waals surface area contributed by atoms with E-state index in [9.17, 15) is 0 Å². The largest absolute Gasteiger partial charge is 0.309 e. The molecular weight excluding hydrogens is 1520 g/mol. The Balaban J connectivity index is 0.000000108. The van der Waals surface area contributed by atoms with Crippen LogP contribution in [-0.4, -0.2) is 47.6 Å². The van der Waals surface area contributed by atoms with E-state index in [2.05, 4.69) is 368 Å². The van der Waals surface area contributed by atoms with Crippen LogP contribution >= 0.6 is 0 Å². The van der Waals surface area contributed by atoms with Gasteiger partial charge in [-0.15, -0.1) is 0 Å². The third-order valence-corrected chi connectivity index (χ3v) is 24.7. The number of imidazole rings is 4. The summed E-state index contributed by atoms with van der Waals surface area (Å²) in [5.74, 6) is 4.02. The Morgan fingerprint density at radius 2 is 0.661 bits per heavy atom. The quantitative estimate of drug-likeness (QED) is 0.126. The Kier molecular flexibility index (Phi) is 15.6. The highest BCUT2D eigenvalue weighted by Gasteiger charge is 2.34. The average molecular weight is 1600 g/mol. The van der Waals surface area contributed by atoms with Gasteiger partial charge in [0, 0.05) is 63.7 Å². The van der Waals surface area contributed by atoms with Crippen LogP contribution < -0.4 is 14.7 Å². The van der Waals surface area contributed by atoms with Crippen LogP contribution in [0.15, 0.2) is 388 Å². The number of hydrogen-bond donors (Lipinski definition) is 0. The van der Waals surface area contributed by atoms with Crippen LogP contribution in [0.2, 0.25) is 0 Å². The zero-order valence-corrected chi connectivity index (χ0v) is 68.0. The summed E-state index contributed by atoms with van der Waals surface area (Å²) in [6.07, 6.45) is 2.49. The second kappa shape index (κ2) is 29.0. The summed E-state index contributed by atoms with van der Waals surface area (Å²) in [6, 6.07) is 124. The molecule has 0 fully saturated rings. The number of nitrogens with zero attached hydrogens (tertiary/aromatic N) is 13. The predicted molar refractivity (Wildman–Crippen MR) is 511 cm³/mol. The molecule has 0 aliphatic carbocycles. The van der Waals surface area contributed by atoms with E-state index >= 15 is 0 Å². The van der Waals surface area contributed by atoms with Crippen LogP contribution in [-0.2, 0) is 19.3 Å². The van der Waals surface area contributed by atoms with Crippen LogP contribution in [0.5, 0.6) is 0 Å². The molecule has 0 bridgehead atoms. The van der Waals surface area contributed by atoms with Crippen LogP contribution in [0.1, 0.15) is 45.1 Å². The summed E-state index contributed by atoms with van der Waals surface area (Å²) in [5, 5.41) is 6.15. The SMILES string of the molecule is CCc1nc2cccc3c2n1-c1cc(-c2nc4ccccc4c4nc5ccccc5n24)ccc1N3c1ccccc1.CCc1nc2cccc3c2n1-c1cc(-n2c4ccccc4c4c5ccccc5ccc42)ccc1N3c1ccccc1.[2H]c1c([2H])c([2H])c(-c2ccc(-c3ccc(-c4ccc5c(c4)-n4c(CC)nc6cccc(c64)N5c4ccccc4)cc3)cc2)c([2H])c1[2H]. The van der Waals surface area contributed by atoms with Gasteiger partial charge in [0.25, 0.3) is 0 Å². The number of benzene rings is 17. The predicted octanol–water partition coefficient (Wildman–Crippen LogP) is 28.4. The van der Waals surface area contributed by atoms with Crippen molar-refractivity contribution in [2.24, 2.45) is 0 Å². The Morgan fingerprint density at radius 1 is 0.250 bits per heavy atom. The highest BCUT2D eigenvalue weighted by molar-refractivity contribution is 6.21. The molecule has 0 saturated heterocycles. The van der Waals surface area contributed by atoms with E-state index in [1.54, 1.807) is 0 Å². The molecule has 0 saturated carbocycles. The number of hydrogen-bond acceptors (Lipinski definition) is 8. The highest BCUT2D eigenvalue weighted by atomic mass is 15.3. The summed E-state index contributed by atoms with van der Waals surface area (Å²) < 4.78 is 52.2. The van der Waals surface area contributed by atoms with Gasteiger partial charge in [0.05, 0.1) is 119 Å². The van der Waals surface area contributed by atoms with Crippen LogP contribution in [0.3, 0.4) is 0 Å². The summed E-state index contributed by atoms with van der Waals surface area (Å²) in [6.45, 7) is 6.51. The van der Waals surface area contributed by atoms with E-state index in [-0.39, 0.29) is 35.8 Å². The summed E-state index contributed by atoms with van der Waals surface area (Å²) in [4.78, 5) is 32.5. The van der Waals surface area contributed by atoms with Gasteiger partial charge >= 0.3 is 0 Å². The molecule has 3 aliphatic heterocycles. The molecule has 0 atom stereocenters. The Labute approximate surface area is 722 Å². The van der Waals surface area contributed by atoms with E-state index < -0.39 is 0 Å². The number of aryl methyl sites for hydroxylation is 3. The minimum atomic E-state index is -0.387. The lowest BCUT2D eigenvalue weighted by Crippen LogP contribution is -2.19. The molecule has 3 aliphatic rings. The number of para-hydroxylation sites is 10. The molecule has 0 N–H and O–H groups in total. The molecule has 26 rings (SSSR count). The lowest BCUT2D eigenvalue weighted by atomic mass is 9.97. The van der Waals surface area contributed by atoms with Gasteiger partial charge < -0.3 is 19.3 Å². The molecule has 13 nitrogen and oxygen atoms in total. The van der Waals surface area contributed by atoms with E-state index in [1.165, 1.54) is 32.6 Å². The van der Waals surface area contributed by atoms with E-state index in [0.717, 1.165) is 205 Å². The molecule has 13 heteroatoms. The molecule has 9 heterocycles. The van der Waals surface area contributed by atoms with Gasteiger partial charge in [-0.25, -0.2) is 24.9 Å². The topological polar surface area (TPSA) is 98.3 Å². The van der Waals surface area contributed by atoms with Gasteiger partial charge in [0.15, 0.2) is 0 Å². The third-order valence-electron chi connectivity index (χ3n) is 24.7. The molecule has 124 heavy (non-hydrogen) atoms. The fraction of sp³-hybridized carbons (Fsp3) is 0.0541. The number of aromatic nitrogens is 10. The van der Waals surface area contributed by atoms with E-state index in [4.69, 9.17) is 31.8 Å². The first-order valence-electron chi connectivity index (χ1n) is 44.8. The normalized spacial score (nSPS) is 12.9. The first-order valence-corrected chi connectivity index (χ1v) is 42.3. The maximum atomic E-state index is 8.31. The number of anilines is 9. The van der Waals surface area contributed by atoms with Gasteiger partial charge in [-0.3, -0.25) is 18.1 Å². The fourth-order valence-electron chi connectivity index (χ4n) is 19.2. The smallest absolute Gasteiger partial charge is 0.149 e. The van der Waals surface area contributed by atoms with Crippen LogP contribution in [0.25, 0.3) is 161 Å². The molecule has 0 radical (unpaired) electrons. The minimum Gasteiger partial charge on any atom is -0.309 e. The zero-order valence-electron chi connectivity index (χ0n) is 73.0. The minimum absolute atomic E-state index is 0.198. The van der Waals surface area contributed by atoms with Gasteiger partial charge in [0.1, 0.15) is 28.9 Å². The number of rotatable bonds is 11. The van der Waals surface area contributed by atoms with Crippen molar-refractivity contribution in [1.29, 1.82) is 0 Å². The summed E-state index contributed by atoms with van der Waals surface area (Å²) in [7, 11) is 0. The van der Waals surface area contributed by atoms with Crippen molar-refractivity contribution in [3.05, 3.63) is 406 Å². The Morgan fingerprint density at radius 3 is 1.19 bits per heavy atom. The van der Waals surface area contributed by atoms with Crippen molar-refractivity contribution in [2.45, 2.75) is 40.0 Å². The van der Waals surface area contributed by atoms with Crippen molar-refractivity contribution < 1.29 is 6.85 Å². The molecule has 23 aromatic rings. The van der Waals surface area contributed by atoms with Gasteiger partial charge in [0.2, 0.25) is 0 Å². The Hall–Kier alpha value is -16.3. The molecule has 6 aromatic heterocycles. The van der Waals surface area contributed by atoms with Gasteiger partial charge in [-0.05, 0) is 202 Å². The maximum Gasteiger partial charge on any atom is 0.149 e. The van der Waals surface area contributed by atoms with Gasteiger partial charge in [-0.1, -0.05) is 251 Å². The fourth-order valence-corrected chi connectivity index (χ4v) is 19.2. The lowest BCUT2D eigenvalue weighted by Gasteiger charge is -2.33. The summed E-state index contributed by atoms with van der Waals surface area (Å²) in [5.41, 5.74) is 33.3. The van der Waals surface area contributed by atoms with Crippen molar-refractivity contribution in [3.8, 4) is 67.5 Å². The molecule has 588 valence electrons. The highest BCUT2D eigenvalue weighted by Crippen LogP contribution is 2.53. The van der Waals surface area contributed by atoms with E-state index in [1.807, 2.05) is 48.5 Å². The molecule has 0 spiro atoms. The van der Waals surface area contributed by atoms with Crippen LogP contribution in [0, 0.1) is 0 Å². The molecule has 0 unspecified atom stereocenters. The first kappa shape index (κ1) is 66.6. The standard InChI is InChI=1S/C39H29N3.C37H26N4.C35H24N6/c1-2-38-40-34-14-9-15-36-39(34)42(38)37-26-32(24-25-35(37)41(36)33-12-7-4-8-13-33)31-22-20-30(21-23-31)29-18-16-28(17-19-29)27-10-5-3-6-11-27;1-2-35-38-29-16-10-18-33-37(29)41(35)34-23-26(20-22-31(34)39(33)25-12-4-3-5-13-25)40-30-17-9-8-15-28(30)36-27-14-7-6-11-24(27)19-21-32(36)40;1-2-32-36-27-16-10-18-30-33(27)40(32)31-21-22(19-20-29(31)39(30)23-11-4-3-5-12-23)34-37-25-14-7-6-13-24(25)35-38-26-15-8-9-17-28(26)41(34)35/h3-26H,2H2,1H3;3-23H,2H2,1H3;3-21H,2H2,1H3/i3D,5D,6D,10D,11D;;. The average Bonchev–Trinajstić information content (AvgIpc) is 1.57. The maximum absolute atomic E-state index is 8.31. The van der Waals surface area contributed by atoms with Crippen LogP contribution in [0.4, 0.5) is 51.2 Å². The van der Waals surface area contributed by atoms with Crippen molar-refractivity contribution in [2.75, 3.05) is 14.7 Å². The molecule has 17 aromatic carbocycles. The summed E-state index contributed by atoms with van der Waals surface area (Å²) >= 11 is 0. The zero-order chi connectivity index (χ0) is 86.6. The second-order valence-corrected chi connectivity index (χ2v) is 31.6. The van der Waals surface area contributed by atoms with E-state index in [0.29, 0.717) is 5.56 Å². The Bertz CT molecular complexity index is 8500. The second-order valence-electron chi connectivity index (χ2n) is 31.6. The first-order chi connectivity index (χ1) is 63.5. The monoisotopic (exact) mass is 1600 g/mol. The number of fused-ring (bicyclic) bond motifs is 16. The van der Waals surface area contributed by atoms with Crippen molar-refractivity contribution >= 4 is 144 Å².